The van der Waals surface area contributed by atoms with E-state index >= 15 is 0 Å². The molecule has 0 radical (unpaired) electrons. The Kier molecular flexibility index (Phi) is 5.11. The Morgan fingerprint density at radius 2 is 1.85 bits per heavy atom. The van der Waals surface area contributed by atoms with E-state index in [1.807, 2.05) is 6.92 Å². The van der Waals surface area contributed by atoms with Crippen LogP contribution in [0.1, 0.15) is 24.0 Å². The molecule has 1 atom stereocenters. The summed E-state index contributed by atoms with van der Waals surface area (Å²) in [5.41, 5.74) is 1.76. The minimum absolute atomic E-state index is 0.171. The van der Waals surface area contributed by atoms with E-state index in [0.29, 0.717) is 24.1 Å². The zero-order chi connectivity index (χ0) is 18.9. The molecule has 2 aromatic carbocycles. The number of hydrogen-bond acceptors (Lipinski definition) is 3. The van der Waals surface area contributed by atoms with Crippen LogP contribution in [0.3, 0.4) is 0 Å². The van der Waals surface area contributed by atoms with Crippen LogP contribution in [-0.4, -0.2) is 31.2 Å². The lowest BCUT2D eigenvalue weighted by atomic mass is 10.2. The van der Waals surface area contributed by atoms with Gasteiger partial charge in [0.15, 0.2) is 0 Å². The quantitative estimate of drug-likeness (QED) is 0.891. The number of carbonyl (C=O) groups excluding carboxylic acids is 1. The first-order valence-electron chi connectivity index (χ1n) is 8.44. The Bertz CT molecular complexity index is 926. The minimum Gasteiger partial charge on any atom is -0.325 e. The van der Waals surface area contributed by atoms with Crippen LogP contribution in [0.4, 0.5) is 10.1 Å². The molecule has 1 aliphatic heterocycles. The van der Waals surface area contributed by atoms with Crippen molar-refractivity contribution in [1.82, 2.24) is 4.31 Å². The Morgan fingerprint density at radius 3 is 2.50 bits per heavy atom. The molecule has 1 aliphatic rings. The van der Waals surface area contributed by atoms with Crippen molar-refractivity contribution < 1.29 is 17.6 Å². The molecule has 138 valence electrons. The van der Waals surface area contributed by atoms with Gasteiger partial charge in [0.05, 0.1) is 4.90 Å². The molecule has 1 amide bonds. The zero-order valence-corrected chi connectivity index (χ0v) is 15.5. The summed E-state index contributed by atoms with van der Waals surface area (Å²) in [7, 11) is -3.76. The van der Waals surface area contributed by atoms with Crippen molar-refractivity contribution in [3.63, 3.8) is 0 Å². The van der Waals surface area contributed by atoms with Crippen LogP contribution in [0.5, 0.6) is 0 Å². The van der Waals surface area contributed by atoms with Crippen molar-refractivity contribution in [2.75, 3.05) is 11.9 Å². The molecule has 1 heterocycles. The minimum atomic E-state index is -3.76. The fourth-order valence-electron chi connectivity index (χ4n) is 3.03. The van der Waals surface area contributed by atoms with E-state index in [9.17, 15) is 17.6 Å². The fourth-order valence-corrected chi connectivity index (χ4v) is 4.69. The van der Waals surface area contributed by atoms with Crippen LogP contribution in [0.25, 0.3) is 0 Å². The van der Waals surface area contributed by atoms with Crippen LogP contribution in [0.15, 0.2) is 47.4 Å². The number of anilines is 1. The molecule has 0 bridgehead atoms. The van der Waals surface area contributed by atoms with E-state index in [2.05, 4.69) is 5.32 Å². The first kappa shape index (κ1) is 18.5. The first-order valence-corrected chi connectivity index (χ1v) is 9.88. The summed E-state index contributed by atoms with van der Waals surface area (Å²) in [6, 6.07) is 10.2. The molecule has 0 saturated carbocycles. The highest BCUT2D eigenvalue weighted by atomic mass is 32.2. The standard InChI is InChI=1S/C19H21FN2O3S/c1-13-5-9-16(10-6-13)26(24,25)22-11-3-4-18(22)19(23)21-15-8-7-14(2)17(20)12-15/h5-10,12,18H,3-4,11H2,1-2H3,(H,21,23). The number of nitrogens with zero attached hydrogens (tertiary/aromatic N) is 1. The normalized spacial score (nSPS) is 18.0. The van der Waals surface area contributed by atoms with Gasteiger partial charge in [-0.25, -0.2) is 12.8 Å². The van der Waals surface area contributed by atoms with Crippen LogP contribution in [0.2, 0.25) is 0 Å². The Morgan fingerprint density at radius 1 is 1.15 bits per heavy atom. The van der Waals surface area contributed by atoms with Crippen molar-refractivity contribution >= 4 is 21.6 Å². The topological polar surface area (TPSA) is 66.5 Å². The summed E-state index contributed by atoms with van der Waals surface area (Å²) in [6.45, 7) is 3.80. The summed E-state index contributed by atoms with van der Waals surface area (Å²) in [5.74, 6) is -0.861. The smallest absolute Gasteiger partial charge is 0.243 e. The van der Waals surface area contributed by atoms with Gasteiger partial charge in [-0.05, 0) is 56.5 Å². The Hall–Kier alpha value is -2.25. The van der Waals surface area contributed by atoms with Gasteiger partial charge in [0.25, 0.3) is 0 Å². The van der Waals surface area contributed by atoms with E-state index in [-0.39, 0.29) is 11.4 Å². The van der Waals surface area contributed by atoms with Crippen molar-refractivity contribution in [3.05, 3.63) is 59.4 Å². The lowest BCUT2D eigenvalue weighted by molar-refractivity contribution is -0.119. The molecule has 0 aliphatic carbocycles. The molecule has 1 fully saturated rings. The predicted octanol–water partition coefficient (Wildman–Crippen LogP) is 3.23. The third kappa shape index (κ3) is 3.64. The molecule has 0 spiro atoms. The molecule has 26 heavy (non-hydrogen) atoms. The monoisotopic (exact) mass is 376 g/mol. The van der Waals surface area contributed by atoms with Gasteiger partial charge in [-0.3, -0.25) is 4.79 Å². The first-order chi connectivity index (χ1) is 12.3. The number of aryl methyl sites for hydroxylation is 2. The highest BCUT2D eigenvalue weighted by Gasteiger charge is 2.39. The molecule has 1 saturated heterocycles. The Balaban J connectivity index is 1.81. The van der Waals surface area contributed by atoms with Crippen LogP contribution >= 0.6 is 0 Å². The van der Waals surface area contributed by atoms with Gasteiger partial charge in [-0.1, -0.05) is 23.8 Å². The second kappa shape index (κ2) is 7.17. The molecular formula is C19H21FN2O3S. The van der Waals surface area contributed by atoms with E-state index in [4.69, 9.17) is 0 Å². The Labute approximate surface area is 152 Å². The predicted molar refractivity (Wildman–Crippen MR) is 97.9 cm³/mol. The number of amides is 1. The number of halogens is 1. The molecule has 7 heteroatoms. The number of nitrogens with one attached hydrogen (secondary N) is 1. The second-order valence-electron chi connectivity index (χ2n) is 6.54. The van der Waals surface area contributed by atoms with E-state index in [0.717, 1.165) is 5.56 Å². The van der Waals surface area contributed by atoms with Crippen LogP contribution in [-0.2, 0) is 14.8 Å². The average Bonchev–Trinajstić information content (AvgIpc) is 3.09. The number of benzene rings is 2. The van der Waals surface area contributed by atoms with E-state index < -0.39 is 27.8 Å². The molecule has 5 nitrogen and oxygen atoms in total. The van der Waals surface area contributed by atoms with Crippen molar-refractivity contribution in [1.29, 1.82) is 0 Å². The van der Waals surface area contributed by atoms with Crippen LogP contribution in [0, 0.1) is 19.7 Å². The third-order valence-electron chi connectivity index (χ3n) is 4.57. The zero-order valence-electron chi connectivity index (χ0n) is 14.7. The van der Waals surface area contributed by atoms with Crippen molar-refractivity contribution in [2.45, 2.75) is 37.6 Å². The molecule has 1 N–H and O–H groups in total. The number of rotatable bonds is 4. The summed E-state index contributed by atoms with van der Waals surface area (Å²) in [5, 5.41) is 2.63. The maximum atomic E-state index is 13.7. The molecule has 1 unspecified atom stereocenters. The molecule has 0 aromatic heterocycles. The SMILES string of the molecule is Cc1ccc(S(=O)(=O)N2CCCC2C(=O)Nc2ccc(C)c(F)c2)cc1. The maximum Gasteiger partial charge on any atom is 0.243 e. The molecule has 3 rings (SSSR count). The van der Waals surface area contributed by atoms with Gasteiger partial charge < -0.3 is 5.32 Å². The van der Waals surface area contributed by atoms with E-state index in [1.165, 1.54) is 10.4 Å². The van der Waals surface area contributed by atoms with Gasteiger partial charge in [-0.15, -0.1) is 0 Å². The maximum absolute atomic E-state index is 13.7. The van der Waals surface area contributed by atoms with Crippen LogP contribution < -0.4 is 5.32 Å². The lowest BCUT2D eigenvalue weighted by Gasteiger charge is -2.23. The van der Waals surface area contributed by atoms with Gasteiger partial charge in [0.2, 0.25) is 15.9 Å². The summed E-state index contributed by atoms with van der Waals surface area (Å²) in [6.07, 6.45) is 1.04. The van der Waals surface area contributed by atoms with Gasteiger partial charge >= 0.3 is 0 Å². The van der Waals surface area contributed by atoms with Gasteiger partial charge in [0, 0.05) is 12.2 Å². The van der Waals surface area contributed by atoms with E-state index in [1.54, 1.807) is 43.3 Å². The molecular weight excluding hydrogens is 355 g/mol. The highest BCUT2D eigenvalue weighted by molar-refractivity contribution is 7.89. The summed E-state index contributed by atoms with van der Waals surface area (Å²) >= 11 is 0. The summed E-state index contributed by atoms with van der Waals surface area (Å²) in [4.78, 5) is 12.8. The number of hydrogen-bond donors (Lipinski definition) is 1. The average molecular weight is 376 g/mol. The fraction of sp³-hybridized carbons (Fsp3) is 0.316. The number of sulfonamides is 1. The number of carbonyl (C=O) groups is 1. The highest BCUT2D eigenvalue weighted by Crippen LogP contribution is 2.27. The van der Waals surface area contributed by atoms with Gasteiger partial charge in [0.1, 0.15) is 11.9 Å². The van der Waals surface area contributed by atoms with Gasteiger partial charge in [-0.2, -0.15) is 4.31 Å². The lowest BCUT2D eigenvalue weighted by Crippen LogP contribution is -2.43. The van der Waals surface area contributed by atoms with Crippen molar-refractivity contribution in [3.8, 4) is 0 Å². The second-order valence-corrected chi connectivity index (χ2v) is 8.43. The third-order valence-corrected chi connectivity index (χ3v) is 6.50. The van der Waals surface area contributed by atoms with Crippen molar-refractivity contribution in [2.24, 2.45) is 0 Å². The summed E-state index contributed by atoms with van der Waals surface area (Å²) < 4.78 is 40.7. The molecule has 2 aromatic rings. The largest absolute Gasteiger partial charge is 0.325 e.